The van der Waals surface area contributed by atoms with Crippen LogP contribution in [0.1, 0.15) is 15.9 Å². The van der Waals surface area contributed by atoms with E-state index in [0.717, 1.165) is 12.0 Å². The van der Waals surface area contributed by atoms with Crippen molar-refractivity contribution in [3.8, 4) is 5.75 Å². The SMILES string of the molecule is O=Cc1c(F)cccc1OCCc1ccccc1. The van der Waals surface area contributed by atoms with Crippen molar-refractivity contribution in [1.29, 1.82) is 0 Å². The maximum atomic E-state index is 13.3. The summed E-state index contributed by atoms with van der Waals surface area (Å²) < 4.78 is 18.7. The van der Waals surface area contributed by atoms with Crippen molar-refractivity contribution in [2.45, 2.75) is 6.42 Å². The normalized spacial score (nSPS) is 10.1. The molecule has 2 rings (SSSR count). The van der Waals surface area contributed by atoms with E-state index in [4.69, 9.17) is 4.74 Å². The van der Waals surface area contributed by atoms with E-state index in [0.29, 0.717) is 18.6 Å². The third kappa shape index (κ3) is 2.94. The average Bonchev–Trinajstić information content (AvgIpc) is 2.40. The van der Waals surface area contributed by atoms with Crippen LogP contribution in [0.25, 0.3) is 0 Å². The molecule has 0 aliphatic rings. The first-order valence-corrected chi connectivity index (χ1v) is 5.71. The van der Waals surface area contributed by atoms with Crippen LogP contribution in [0.5, 0.6) is 5.75 Å². The molecular formula is C15H13FO2. The highest BCUT2D eigenvalue weighted by molar-refractivity contribution is 5.79. The number of rotatable bonds is 5. The van der Waals surface area contributed by atoms with Crippen LogP contribution in [0.4, 0.5) is 4.39 Å². The summed E-state index contributed by atoms with van der Waals surface area (Å²) in [4.78, 5) is 10.8. The average molecular weight is 244 g/mol. The van der Waals surface area contributed by atoms with Gasteiger partial charge in [-0.25, -0.2) is 4.39 Å². The molecule has 3 heteroatoms. The number of ether oxygens (including phenoxy) is 1. The molecule has 0 saturated heterocycles. The summed E-state index contributed by atoms with van der Waals surface area (Å²) in [6.07, 6.45) is 1.20. The Morgan fingerprint density at radius 3 is 2.56 bits per heavy atom. The van der Waals surface area contributed by atoms with Crippen molar-refractivity contribution in [2.75, 3.05) is 6.61 Å². The standard InChI is InChI=1S/C15H13FO2/c16-14-7-4-8-15(13(14)11-17)18-10-9-12-5-2-1-3-6-12/h1-8,11H,9-10H2. The van der Waals surface area contributed by atoms with Crippen molar-refractivity contribution in [1.82, 2.24) is 0 Å². The smallest absolute Gasteiger partial charge is 0.156 e. The van der Waals surface area contributed by atoms with E-state index in [2.05, 4.69) is 0 Å². The molecule has 0 unspecified atom stereocenters. The Labute approximate surface area is 105 Å². The van der Waals surface area contributed by atoms with Crippen molar-refractivity contribution < 1.29 is 13.9 Å². The number of aldehydes is 1. The molecular weight excluding hydrogens is 231 g/mol. The summed E-state index contributed by atoms with van der Waals surface area (Å²) in [5.41, 5.74) is 1.12. The van der Waals surface area contributed by atoms with Crippen molar-refractivity contribution in [3.05, 3.63) is 65.5 Å². The predicted molar refractivity (Wildman–Crippen MR) is 67.4 cm³/mol. The molecule has 2 aromatic carbocycles. The van der Waals surface area contributed by atoms with Gasteiger partial charge in [0.2, 0.25) is 0 Å². The highest BCUT2D eigenvalue weighted by atomic mass is 19.1. The van der Waals surface area contributed by atoms with E-state index < -0.39 is 5.82 Å². The molecule has 2 aromatic rings. The highest BCUT2D eigenvalue weighted by Crippen LogP contribution is 2.19. The number of hydrogen-bond donors (Lipinski definition) is 0. The summed E-state index contributed by atoms with van der Waals surface area (Å²) in [6.45, 7) is 0.411. The molecule has 0 radical (unpaired) electrons. The minimum Gasteiger partial charge on any atom is -0.492 e. The van der Waals surface area contributed by atoms with Gasteiger partial charge in [0.25, 0.3) is 0 Å². The van der Waals surface area contributed by atoms with Crippen molar-refractivity contribution >= 4 is 6.29 Å². The van der Waals surface area contributed by atoms with Gasteiger partial charge in [0.05, 0.1) is 12.2 Å². The molecule has 92 valence electrons. The molecule has 18 heavy (non-hydrogen) atoms. The van der Waals surface area contributed by atoms with Crippen LogP contribution in [0.15, 0.2) is 48.5 Å². The Bertz CT molecular complexity index is 523. The maximum absolute atomic E-state index is 13.3. The second-order valence-corrected chi connectivity index (χ2v) is 3.85. The van der Waals surface area contributed by atoms with Gasteiger partial charge in [-0.3, -0.25) is 4.79 Å². The van der Waals surface area contributed by atoms with Gasteiger partial charge in [-0.05, 0) is 17.7 Å². The third-order valence-electron chi connectivity index (χ3n) is 2.62. The van der Waals surface area contributed by atoms with E-state index >= 15 is 0 Å². The molecule has 0 aliphatic carbocycles. The Morgan fingerprint density at radius 2 is 1.83 bits per heavy atom. The number of carbonyl (C=O) groups is 1. The quantitative estimate of drug-likeness (QED) is 0.754. The first-order valence-electron chi connectivity index (χ1n) is 5.71. The van der Waals surface area contributed by atoms with Crippen LogP contribution in [0.3, 0.4) is 0 Å². The Balaban J connectivity index is 1.99. The van der Waals surface area contributed by atoms with Gasteiger partial charge < -0.3 is 4.74 Å². The lowest BCUT2D eigenvalue weighted by Crippen LogP contribution is -2.04. The second kappa shape index (κ2) is 5.96. The van der Waals surface area contributed by atoms with E-state index in [1.165, 1.54) is 12.1 Å². The summed E-state index contributed by atoms with van der Waals surface area (Å²) in [6, 6.07) is 14.2. The second-order valence-electron chi connectivity index (χ2n) is 3.85. The summed E-state index contributed by atoms with van der Waals surface area (Å²) >= 11 is 0. The molecule has 0 amide bonds. The molecule has 0 bridgehead atoms. The zero-order chi connectivity index (χ0) is 12.8. The fourth-order valence-electron chi connectivity index (χ4n) is 1.68. The first kappa shape index (κ1) is 12.3. The van der Waals surface area contributed by atoms with Crippen LogP contribution in [0, 0.1) is 5.82 Å². The van der Waals surface area contributed by atoms with Gasteiger partial charge in [0, 0.05) is 6.42 Å². The Kier molecular flexibility index (Phi) is 4.07. The van der Waals surface area contributed by atoms with Gasteiger partial charge in [0.15, 0.2) is 6.29 Å². The van der Waals surface area contributed by atoms with Crippen LogP contribution in [0.2, 0.25) is 0 Å². The topological polar surface area (TPSA) is 26.3 Å². The number of benzene rings is 2. The molecule has 0 fully saturated rings. The van der Waals surface area contributed by atoms with Gasteiger partial charge in [0.1, 0.15) is 11.6 Å². The third-order valence-corrected chi connectivity index (χ3v) is 2.62. The minimum atomic E-state index is -0.554. The molecule has 0 aliphatic heterocycles. The summed E-state index contributed by atoms with van der Waals surface area (Å²) in [7, 11) is 0. The molecule has 0 saturated carbocycles. The van der Waals surface area contributed by atoms with Crippen LogP contribution in [-0.4, -0.2) is 12.9 Å². The van der Waals surface area contributed by atoms with Crippen LogP contribution >= 0.6 is 0 Å². The molecule has 0 heterocycles. The van der Waals surface area contributed by atoms with E-state index in [-0.39, 0.29) is 5.56 Å². The van der Waals surface area contributed by atoms with E-state index in [9.17, 15) is 9.18 Å². The summed E-state index contributed by atoms with van der Waals surface area (Å²) in [5, 5.41) is 0. The lowest BCUT2D eigenvalue weighted by Gasteiger charge is -2.08. The number of hydrogen-bond acceptors (Lipinski definition) is 2. The van der Waals surface area contributed by atoms with Gasteiger partial charge in [-0.15, -0.1) is 0 Å². The molecule has 0 N–H and O–H groups in total. The van der Waals surface area contributed by atoms with Gasteiger partial charge >= 0.3 is 0 Å². The fraction of sp³-hybridized carbons (Fsp3) is 0.133. The number of carbonyl (C=O) groups excluding carboxylic acids is 1. The predicted octanol–water partition coefficient (Wildman–Crippen LogP) is 3.26. The summed E-state index contributed by atoms with van der Waals surface area (Å²) in [5.74, 6) is -0.261. The van der Waals surface area contributed by atoms with E-state index in [1.807, 2.05) is 30.3 Å². The maximum Gasteiger partial charge on any atom is 0.156 e. The fourth-order valence-corrected chi connectivity index (χ4v) is 1.68. The lowest BCUT2D eigenvalue weighted by atomic mass is 10.1. The highest BCUT2D eigenvalue weighted by Gasteiger charge is 2.08. The van der Waals surface area contributed by atoms with E-state index in [1.54, 1.807) is 6.07 Å². The molecule has 0 atom stereocenters. The Morgan fingerprint density at radius 1 is 1.06 bits per heavy atom. The lowest BCUT2D eigenvalue weighted by molar-refractivity contribution is 0.111. The monoisotopic (exact) mass is 244 g/mol. The van der Waals surface area contributed by atoms with Gasteiger partial charge in [-0.2, -0.15) is 0 Å². The van der Waals surface area contributed by atoms with Crippen molar-refractivity contribution in [3.63, 3.8) is 0 Å². The number of halogens is 1. The largest absolute Gasteiger partial charge is 0.492 e. The minimum absolute atomic E-state index is 0.0226. The molecule has 0 spiro atoms. The molecule has 0 aromatic heterocycles. The van der Waals surface area contributed by atoms with Gasteiger partial charge in [-0.1, -0.05) is 36.4 Å². The van der Waals surface area contributed by atoms with Crippen LogP contribution in [-0.2, 0) is 6.42 Å². The Hall–Kier alpha value is -2.16. The zero-order valence-corrected chi connectivity index (χ0v) is 9.80. The molecule has 2 nitrogen and oxygen atoms in total. The zero-order valence-electron chi connectivity index (χ0n) is 9.80. The van der Waals surface area contributed by atoms with Crippen molar-refractivity contribution in [2.24, 2.45) is 0 Å². The van der Waals surface area contributed by atoms with Crippen LogP contribution < -0.4 is 4.74 Å². The first-order chi connectivity index (χ1) is 8.81.